The summed E-state index contributed by atoms with van der Waals surface area (Å²) >= 11 is 0. The molecule has 1 saturated heterocycles. The predicted molar refractivity (Wildman–Crippen MR) is 118 cm³/mol. The Hall–Kier alpha value is -4.53. The summed E-state index contributed by atoms with van der Waals surface area (Å²) in [4.78, 5) is 38.7. The number of hydrogen-bond acceptors (Lipinski definition) is 5. The van der Waals surface area contributed by atoms with Gasteiger partial charge in [0.25, 0.3) is 11.7 Å². The van der Waals surface area contributed by atoms with Gasteiger partial charge in [0.1, 0.15) is 11.5 Å². The molecule has 1 amide bonds. The third kappa shape index (κ3) is 4.11. The topological polar surface area (TPSA) is 104 Å². The van der Waals surface area contributed by atoms with Crippen LogP contribution >= 0.6 is 0 Å². The van der Waals surface area contributed by atoms with Crippen molar-refractivity contribution >= 4 is 29.1 Å². The van der Waals surface area contributed by atoms with Gasteiger partial charge in [-0.05, 0) is 24.3 Å². The van der Waals surface area contributed by atoms with E-state index in [1.165, 1.54) is 60.7 Å². The fraction of sp³-hybridized carbons (Fsp3) is 0.0800. The van der Waals surface area contributed by atoms with Crippen LogP contribution in [-0.4, -0.2) is 34.5 Å². The Labute approximate surface area is 192 Å². The smallest absolute Gasteiger partial charge is 0.387 e. The van der Waals surface area contributed by atoms with Gasteiger partial charge in [0.05, 0.1) is 17.2 Å². The number of ether oxygens (including phenoxy) is 1. The number of nitrogens with zero attached hydrogens (tertiary/aromatic N) is 1. The lowest BCUT2D eigenvalue weighted by atomic mass is 9.94. The molecule has 9 heteroatoms. The van der Waals surface area contributed by atoms with E-state index in [4.69, 9.17) is 0 Å². The Morgan fingerprint density at radius 3 is 2.21 bits per heavy atom. The Kier molecular flexibility index (Phi) is 6.09. The highest BCUT2D eigenvalue weighted by molar-refractivity contribution is 6.51. The van der Waals surface area contributed by atoms with Crippen LogP contribution < -0.4 is 9.64 Å². The third-order valence-electron chi connectivity index (χ3n) is 5.29. The molecule has 1 aliphatic rings. The fourth-order valence-corrected chi connectivity index (χ4v) is 3.84. The van der Waals surface area contributed by atoms with E-state index in [9.17, 15) is 33.4 Å². The number of benzene rings is 3. The van der Waals surface area contributed by atoms with Crippen molar-refractivity contribution in [3.63, 3.8) is 0 Å². The molecule has 0 spiro atoms. The number of amides is 1. The number of carbonyl (C=O) groups is 3. The minimum atomic E-state index is -3.19. The monoisotopic (exact) mass is 465 g/mol. The van der Waals surface area contributed by atoms with Crippen LogP contribution in [-0.2, 0) is 9.59 Å². The number of carboxylic acids is 1. The lowest BCUT2D eigenvalue weighted by Crippen LogP contribution is -2.30. The van der Waals surface area contributed by atoms with Crippen molar-refractivity contribution in [2.24, 2.45) is 0 Å². The number of rotatable bonds is 6. The first-order valence-electron chi connectivity index (χ1n) is 10.0. The van der Waals surface area contributed by atoms with E-state index in [1.807, 2.05) is 0 Å². The maximum atomic E-state index is 13.1. The van der Waals surface area contributed by atoms with Crippen molar-refractivity contribution < 1.29 is 38.1 Å². The van der Waals surface area contributed by atoms with Crippen molar-refractivity contribution in [2.45, 2.75) is 12.7 Å². The first-order chi connectivity index (χ1) is 16.3. The molecule has 0 saturated carbocycles. The quantitative estimate of drug-likeness (QED) is 0.313. The van der Waals surface area contributed by atoms with Crippen LogP contribution in [0.15, 0.2) is 84.4 Å². The second kappa shape index (κ2) is 9.14. The molecule has 0 aliphatic carbocycles. The SMILES string of the molecule is O=C1C(=O)N(c2cccc(C(=O)O)c2)C(c2ccccc2OC(F)F)/C1=C(\O)c1ccccc1. The summed E-state index contributed by atoms with van der Waals surface area (Å²) in [5.74, 6) is -4.19. The van der Waals surface area contributed by atoms with Crippen LogP contribution in [0.1, 0.15) is 27.5 Å². The van der Waals surface area contributed by atoms with Crippen LogP contribution in [0.25, 0.3) is 5.76 Å². The van der Waals surface area contributed by atoms with Crippen molar-refractivity contribution in [3.05, 3.63) is 101 Å². The van der Waals surface area contributed by atoms with E-state index >= 15 is 0 Å². The predicted octanol–water partition coefficient (Wildman–Crippen LogP) is 4.61. The first-order valence-corrected chi connectivity index (χ1v) is 10.0. The highest BCUT2D eigenvalue weighted by Gasteiger charge is 2.48. The van der Waals surface area contributed by atoms with E-state index in [-0.39, 0.29) is 33.7 Å². The molecule has 3 aromatic carbocycles. The number of Topliss-reactive ketones (excluding diaryl/α,β-unsaturated/α-hetero) is 1. The molecule has 1 aliphatic heterocycles. The Balaban J connectivity index is 1.99. The number of halogens is 2. The largest absolute Gasteiger partial charge is 0.507 e. The number of anilines is 1. The number of ketones is 1. The maximum Gasteiger partial charge on any atom is 0.387 e. The molecule has 34 heavy (non-hydrogen) atoms. The molecule has 4 rings (SSSR count). The molecule has 0 bridgehead atoms. The number of aromatic carboxylic acids is 1. The Morgan fingerprint density at radius 1 is 0.882 bits per heavy atom. The molecule has 0 radical (unpaired) electrons. The standard InChI is InChI=1S/C25H17F2NO6/c26-25(27)34-18-12-5-4-11-17(18)20-19(21(29)14-7-2-1-3-8-14)22(30)23(31)28(20)16-10-6-9-15(13-16)24(32)33/h1-13,20,25,29H,(H,32,33)/b21-19+. The summed E-state index contributed by atoms with van der Waals surface area (Å²) < 4.78 is 30.9. The summed E-state index contributed by atoms with van der Waals surface area (Å²) in [5, 5.41) is 20.4. The van der Waals surface area contributed by atoms with Crippen molar-refractivity contribution in [2.75, 3.05) is 4.90 Å². The van der Waals surface area contributed by atoms with Crippen LogP contribution in [0.5, 0.6) is 5.75 Å². The minimum Gasteiger partial charge on any atom is -0.507 e. The number of alkyl halides is 2. The second-order valence-electron chi connectivity index (χ2n) is 7.31. The average Bonchev–Trinajstić information content (AvgIpc) is 3.09. The molecule has 1 fully saturated rings. The van der Waals surface area contributed by atoms with Gasteiger partial charge in [0.2, 0.25) is 0 Å². The number of carbonyl (C=O) groups excluding carboxylic acids is 2. The van der Waals surface area contributed by atoms with Crippen LogP contribution in [0.3, 0.4) is 0 Å². The maximum absolute atomic E-state index is 13.1. The number of hydrogen-bond donors (Lipinski definition) is 2. The molecular weight excluding hydrogens is 448 g/mol. The number of aliphatic hydroxyl groups excluding tert-OH is 1. The highest BCUT2D eigenvalue weighted by Crippen LogP contribution is 2.45. The van der Waals surface area contributed by atoms with Crippen molar-refractivity contribution in [3.8, 4) is 5.75 Å². The summed E-state index contributed by atoms with van der Waals surface area (Å²) in [6.45, 7) is -3.19. The third-order valence-corrected chi connectivity index (χ3v) is 5.29. The first kappa shape index (κ1) is 22.7. The van der Waals surface area contributed by atoms with E-state index in [2.05, 4.69) is 4.74 Å². The fourth-order valence-electron chi connectivity index (χ4n) is 3.84. The number of aliphatic hydroxyl groups is 1. The molecule has 1 heterocycles. The van der Waals surface area contributed by atoms with Gasteiger partial charge in [-0.1, -0.05) is 54.6 Å². The van der Waals surface area contributed by atoms with Gasteiger partial charge in [-0.2, -0.15) is 8.78 Å². The van der Waals surface area contributed by atoms with E-state index in [0.717, 1.165) is 4.90 Å². The van der Waals surface area contributed by atoms with Crippen LogP contribution in [0.2, 0.25) is 0 Å². The Morgan fingerprint density at radius 2 is 1.53 bits per heavy atom. The van der Waals surface area contributed by atoms with Crippen LogP contribution in [0.4, 0.5) is 14.5 Å². The van der Waals surface area contributed by atoms with E-state index < -0.39 is 36.1 Å². The van der Waals surface area contributed by atoms with Gasteiger partial charge in [0.15, 0.2) is 0 Å². The van der Waals surface area contributed by atoms with Gasteiger partial charge in [-0.25, -0.2) is 4.79 Å². The average molecular weight is 465 g/mol. The molecule has 0 aromatic heterocycles. The second-order valence-corrected chi connectivity index (χ2v) is 7.31. The molecule has 1 atom stereocenters. The molecule has 3 aromatic rings. The zero-order chi connectivity index (χ0) is 24.4. The van der Waals surface area contributed by atoms with Gasteiger partial charge < -0.3 is 14.9 Å². The highest BCUT2D eigenvalue weighted by atomic mass is 19.3. The zero-order valence-electron chi connectivity index (χ0n) is 17.4. The summed E-state index contributed by atoms with van der Waals surface area (Å²) in [5.41, 5.74) is -0.219. The van der Waals surface area contributed by atoms with Gasteiger partial charge in [-0.15, -0.1) is 0 Å². The molecular formula is C25H17F2NO6. The van der Waals surface area contributed by atoms with E-state index in [0.29, 0.717) is 0 Å². The normalized spacial score (nSPS) is 17.3. The molecule has 2 N–H and O–H groups in total. The Bertz CT molecular complexity index is 1310. The summed E-state index contributed by atoms with van der Waals surface area (Å²) in [6.07, 6.45) is 0. The van der Waals surface area contributed by atoms with Gasteiger partial charge in [-0.3, -0.25) is 14.5 Å². The lowest BCUT2D eigenvalue weighted by molar-refractivity contribution is -0.132. The van der Waals surface area contributed by atoms with E-state index in [1.54, 1.807) is 18.2 Å². The zero-order valence-corrected chi connectivity index (χ0v) is 17.4. The van der Waals surface area contributed by atoms with Gasteiger partial charge in [0, 0.05) is 16.8 Å². The molecule has 7 nitrogen and oxygen atoms in total. The van der Waals surface area contributed by atoms with Gasteiger partial charge >= 0.3 is 12.6 Å². The molecule has 172 valence electrons. The summed E-state index contributed by atoms with van der Waals surface area (Å²) in [7, 11) is 0. The van der Waals surface area contributed by atoms with Crippen molar-refractivity contribution in [1.29, 1.82) is 0 Å². The van der Waals surface area contributed by atoms with Crippen molar-refractivity contribution in [1.82, 2.24) is 0 Å². The van der Waals surface area contributed by atoms with Crippen LogP contribution in [0, 0.1) is 0 Å². The lowest BCUT2D eigenvalue weighted by Gasteiger charge is -2.27. The summed E-state index contributed by atoms with van der Waals surface area (Å²) in [6, 6.07) is 17.5. The number of para-hydroxylation sites is 1. The molecule has 1 unspecified atom stereocenters. The minimum absolute atomic E-state index is 0.0141. The number of carboxylic acid groups (broad SMARTS) is 1.